The van der Waals surface area contributed by atoms with Crippen LogP contribution in [-0.4, -0.2) is 31.0 Å². The zero-order valence-electron chi connectivity index (χ0n) is 12.8. The Hall–Kier alpha value is -2.52. The number of aryl methyl sites for hydroxylation is 1. The van der Waals surface area contributed by atoms with Gasteiger partial charge in [-0.2, -0.15) is 18.3 Å². The molecule has 0 saturated heterocycles. The van der Waals surface area contributed by atoms with E-state index in [1.165, 1.54) is 6.07 Å². The van der Waals surface area contributed by atoms with Gasteiger partial charge in [-0.25, -0.2) is 9.97 Å². The summed E-state index contributed by atoms with van der Waals surface area (Å²) < 4.78 is 39.7. The van der Waals surface area contributed by atoms with Crippen LogP contribution in [0.25, 0.3) is 32.5 Å². The fourth-order valence-electron chi connectivity index (χ4n) is 2.57. The van der Waals surface area contributed by atoms with Crippen molar-refractivity contribution in [2.24, 2.45) is 7.05 Å². The van der Waals surface area contributed by atoms with Gasteiger partial charge >= 0.3 is 6.18 Å². The van der Waals surface area contributed by atoms with Crippen molar-refractivity contribution in [3.63, 3.8) is 0 Å². The van der Waals surface area contributed by atoms with Crippen LogP contribution >= 0.6 is 11.3 Å². The monoisotopic (exact) mass is 364 g/mol. The number of nitrogens with zero attached hydrogens (tertiary/aromatic N) is 4. The van der Waals surface area contributed by atoms with Crippen molar-refractivity contribution in [1.82, 2.24) is 19.7 Å². The molecule has 4 aromatic heterocycles. The summed E-state index contributed by atoms with van der Waals surface area (Å²) in [6.45, 7) is 0. The summed E-state index contributed by atoms with van der Waals surface area (Å²) >= 11 is 0.831. The van der Waals surface area contributed by atoms with E-state index in [1.54, 1.807) is 30.1 Å². The van der Waals surface area contributed by atoms with E-state index in [0.29, 0.717) is 21.6 Å². The van der Waals surface area contributed by atoms with Gasteiger partial charge in [0, 0.05) is 40.7 Å². The Balaban J connectivity index is 1.77. The third kappa shape index (κ3) is 2.85. The fraction of sp³-hybridized carbons (Fsp3) is 0.188. The summed E-state index contributed by atoms with van der Waals surface area (Å²) in [4.78, 5) is 8.94. The zero-order valence-corrected chi connectivity index (χ0v) is 13.6. The van der Waals surface area contributed by atoms with Crippen LogP contribution in [0.2, 0.25) is 0 Å². The molecule has 128 valence electrons. The minimum absolute atomic E-state index is 0.173. The number of aliphatic hydroxyl groups is 1. The Morgan fingerprint density at radius 3 is 2.76 bits per heavy atom. The van der Waals surface area contributed by atoms with Crippen LogP contribution < -0.4 is 0 Å². The molecule has 0 unspecified atom stereocenters. The maximum Gasteiger partial charge on any atom is 0.419 e. The van der Waals surface area contributed by atoms with E-state index in [0.717, 1.165) is 22.3 Å². The van der Waals surface area contributed by atoms with E-state index < -0.39 is 12.3 Å². The summed E-state index contributed by atoms with van der Waals surface area (Å²) in [5.74, 6) is 0. The normalized spacial score (nSPS) is 13.6. The topological polar surface area (TPSA) is 63.8 Å². The molecule has 0 aromatic carbocycles. The Labute approximate surface area is 143 Å². The average molecular weight is 364 g/mol. The molecule has 0 aliphatic heterocycles. The number of aromatic nitrogens is 4. The molecule has 0 aliphatic rings. The number of rotatable bonds is 2. The van der Waals surface area contributed by atoms with Crippen molar-refractivity contribution in [2.45, 2.75) is 12.3 Å². The predicted molar refractivity (Wildman–Crippen MR) is 88.1 cm³/mol. The van der Waals surface area contributed by atoms with Crippen LogP contribution in [-0.2, 0) is 7.05 Å². The van der Waals surface area contributed by atoms with Crippen LogP contribution in [0.4, 0.5) is 13.2 Å². The highest BCUT2D eigenvalue weighted by Crippen LogP contribution is 2.38. The summed E-state index contributed by atoms with van der Waals surface area (Å²) in [7, 11) is 1.80. The van der Waals surface area contributed by atoms with E-state index in [1.807, 2.05) is 12.3 Å². The first-order chi connectivity index (χ1) is 11.8. The number of aliphatic hydroxyl groups excluding tert-OH is 1. The number of hydrogen-bond donors (Lipinski definition) is 1. The largest absolute Gasteiger partial charge is 0.419 e. The summed E-state index contributed by atoms with van der Waals surface area (Å²) in [5, 5.41) is 15.0. The predicted octanol–water partition coefficient (Wildman–Crippen LogP) is 3.84. The smallest absolute Gasteiger partial charge is 0.379 e. The van der Waals surface area contributed by atoms with Gasteiger partial charge in [0.2, 0.25) is 0 Å². The van der Waals surface area contributed by atoms with E-state index >= 15 is 0 Å². The fourth-order valence-corrected chi connectivity index (χ4v) is 3.61. The first-order valence-corrected chi connectivity index (χ1v) is 8.08. The van der Waals surface area contributed by atoms with Gasteiger partial charge in [-0.05, 0) is 24.3 Å². The van der Waals surface area contributed by atoms with E-state index in [4.69, 9.17) is 0 Å². The van der Waals surface area contributed by atoms with Gasteiger partial charge in [-0.3, -0.25) is 4.68 Å². The molecular weight excluding hydrogens is 353 g/mol. The Morgan fingerprint density at radius 2 is 2.00 bits per heavy atom. The third-order valence-electron chi connectivity index (χ3n) is 3.75. The van der Waals surface area contributed by atoms with Crippen molar-refractivity contribution in [2.75, 3.05) is 0 Å². The lowest BCUT2D eigenvalue weighted by Crippen LogP contribution is -2.18. The molecule has 0 amide bonds. The van der Waals surface area contributed by atoms with Gasteiger partial charge in [0.15, 0.2) is 11.8 Å². The molecule has 9 heteroatoms. The number of thiophene rings is 1. The summed E-state index contributed by atoms with van der Waals surface area (Å²) in [5.41, 5.74) is 1.95. The number of pyridine rings is 2. The second-order valence-corrected chi connectivity index (χ2v) is 6.69. The molecule has 4 heterocycles. The lowest BCUT2D eigenvalue weighted by molar-refractivity contribution is -0.205. The van der Waals surface area contributed by atoms with E-state index in [9.17, 15) is 18.3 Å². The van der Waals surface area contributed by atoms with Crippen molar-refractivity contribution in [3.8, 4) is 11.3 Å². The first kappa shape index (κ1) is 16.0. The number of alkyl halides is 3. The van der Waals surface area contributed by atoms with Crippen LogP contribution in [0.1, 0.15) is 11.0 Å². The molecule has 4 rings (SSSR count). The Bertz CT molecular complexity index is 1090. The molecule has 0 aliphatic carbocycles. The molecule has 1 N–H and O–H groups in total. The second kappa shape index (κ2) is 5.50. The summed E-state index contributed by atoms with van der Waals surface area (Å²) in [6, 6.07) is 6.60. The van der Waals surface area contributed by atoms with Gasteiger partial charge < -0.3 is 5.11 Å². The highest BCUT2D eigenvalue weighted by molar-refractivity contribution is 7.18. The second-order valence-electron chi connectivity index (χ2n) is 5.62. The van der Waals surface area contributed by atoms with Crippen molar-refractivity contribution in [3.05, 3.63) is 41.5 Å². The molecular formula is C16H11F3N4OS. The zero-order chi connectivity index (χ0) is 17.8. The molecule has 0 saturated carbocycles. The lowest BCUT2D eigenvalue weighted by Gasteiger charge is -2.11. The number of fused-ring (bicyclic) bond motifs is 2. The van der Waals surface area contributed by atoms with Crippen LogP contribution in [0.5, 0.6) is 0 Å². The molecule has 1 atom stereocenters. The average Bonchev–Trinajstić information content (AvgIpc) is 3.13. The van der Waals surface area contributed by atoms with Crippen molar-refractivity contribution < 1.29 is 18.3 Å². The standard InChI is InChI=1S/C16H11F3N4OS/c1-23-7-10-4-9(6-20-14(10)22-23)11-3-2-8-5-12(25-15(8)21-11)13(24)16(17,18)19/h2-7,13,24H,1H3/t13-/m0/s1. The van der Waals surface area contributed by atoms with Crippen LogP contribution in [0.15, 0.2) is 36.7 Å². The molecule has 0 fully saturated rings. The minimum Gasteiger partial charge on any atom is -0.379 e. The first-order valence-electron chi connectivity index (χ1n) is 7.26. The maximum atomic E-state index is 12.7. The Kier molecular flexibility index (Phi) is 3.51. The molecule has 25 heavy (non-hydrogen) atoms. The minimum atomic E-state index is -4.70. The van der Waals surface area contributed by atoms with Gasteiger partial charge in [0.1, 0.15) is 4.83 Å². The Morgan fingerprint density at radius 1 is 1.20 bits per heavy atom. The van der Waals surface area contributed by atoms with Crippen molar-refractivity contribution >= 4 is 32.6 Å². The van der Waals surface area contributed by atoms with Gasteiger partial charge in [0.05, 0.1) is 5.69 Å². The van der Waals surface area contributed by atoms with Crippen LogP contribution in [0, 0.1) is 0 Å². The third-order valence-corrected chi connectivity index (χ3v) is 4.85. The van der Waals surface area contributed by atoms with Gasteiger partial charge in [-0.1, -0.05) is 0 Å². The van der Waals surface area contributed by atoms with Crippen LogP contribution in [0.3, 0.4) is 0 Å². The maximum absolute atomic E-state index is 12.7. The van der Waals surface area contributed by atoms with Crippen molar-refractivity contribution in [1.29, 1.82) is 0 Å². The highest BCUT2D eigenvalue weighted by Gasteiger charge is 2.40. The quantitative estimate of drug-likeness (QED) is 0.587. The molecule has 0 spiro atoms. The summed E-state index contributed by atoms with van der Waals surface area (Å²) in [6.07, 6.45) is -3.74. The van der Waals surface area contributed by atoms with E-state index in [-0.39, 0.29) is 4.88 Å². The number of halogens is 3. The molecule has 5 nitrogen and oxygen atoms in total. The van der Waals surface area contributed by atoms with Gasteiger partial charge in [0.25, 0.3) is 0 Å². The van der Waals surface area contributed by atoms with Gasteiger partial charge in [-0.15, -0.1) is 11.3 Å². The molecule has 4 aromatic rings. The molecule has 0 radical (unpaired) electrons. The SMILES string of the molecule is Cn1cc2cc(-c3ccc4cc([C@H](O)C(F)(F)F)sc4n3)cnc2n1. The lowest BCUT2D eigenvalue weighted by atomic mass is 10.1. The highest BCUT2D eigenvalue weighted by atomic mass is 32.1. The van der Waals surface area contributed by atoms with E-state index in [2.05, 4.69) is 15.1 Å². The number of hydrogen-bond acceptors (Lipinski definition) is 5. The molecule has 0 bridgehead atoms.